The summed E-state index contributed by atoms with van der Waals surface area (Å²) >= 11 is 1.36. The standard InChI is InChI=1S/C20H19N3O5S/c1-12-4-9-18(29-12)17(24)11-28-20(25)16-7-5-15(6-8-16)10-22-14(3)19(23(26)27)13(2)21-22/h4-9H,10-11H2,1-3H3. The highest BCUT2D eigenvalue weighted by molar-refractivity contribution is 7.14. The molecule has 8 nitrogen and oxygen atoms in total. The first-order valence-corrected chi connectivity index (χ1v) is 9.62. The zero-order valence-corrected chi connectivity index (χ0v) is 17.0. The molecule has 150 valence electrons. The minimum atomic E-state index is -0.583. The van der Waals surface area contributed by atoms with Crippen LogP contribution in [0.1, 0.15) is 41.9 Å². The number of thiophene rings is 1. The van der Waals surface area contributed by atoms with Crippen LogP contribution in [-0.2, 0) is 11.3 Å². The van der Waals surface area contributed by atoms with Crippen molar-refractivity contribution in [3.05, 3.63) is 78.8 Å². The minimum Gasteiger partial charge on any atom is -0.454 e. The Balaban J connectivity index is 1.62. The van der Waals surface area contributed by atoms with Gasteiger partial charge in [-0.2, -0.15) is 5.10 Å². The van der Waals surface area contributed by atoms with E-state index >= 15 is 0 Å². The molecule has 0 spiro atoms. The molecule has 0 saturated carbocycles. The van der Waals surface area contributed by atoms with Crippen molar-refractivity contribution in [1.82, 2.24) is 9.78 Å². The third-order valence-electron chi connectivity index (χ3n) is 4.40. The number of carbonyl (C=O) groups excluding carboxylic acids is 2. The number of aromatic nitrogens is 2. The summed E-state index contributed by atoms with van der Waals surface area (Å²) in [5.74, 6) is -0.820. The lowest BCUT2D eigenvalue weighted by molar-refractivity contribution is -0.386. The van der Waals surface area contributed by atoms with Crippen LogP contribution in [0.4, 0.5) is 5.69 Å². The Bertz CT molecular complexity index is 1080. The predicted octanol–water partition coefficient (Wildman–Crippen LogP) is 3.87. The number of aryl methyl sites for hydroxylation is 2. The van der Waals surface area contributed by atoms with Gasteiger partial charge >= 0.3 is 11.7 Å². The Morgan fingerprint density at radius 3 is 2.38 bits per heavy atom. The summed E-state index contributed by atoms with van der Waals surface area (Å²) in [7, 11) is 0. The molecule has 0 amide bonds. The minimum absolute atomic E-state index is 0.01000. The fourth-order valence-corrected chi connectivity index (χ4v) is 3.69. The second kappa shape index (κ2) is 8.36. The van der Waals surface area contributed by atoms with Gasteiger partial charge in [-0.05, 0) is 50.6 Å². The zero-order valence-electron chi connectivity index (χ0n) is 16.2. The monoisotopic (exact) mass is 413 g/mol. The number of Topliss-reactive ketones (excluding diaryl/α,β-unsaturated/α-hetero) is 1. The summed E-state index contributed by atoms with van der Waals surface area (Å²) < 4.78 is 6.66. The SMILES string of the molecule is Cc1ccc(C(=O)COC(=O)c2ccc(Cn3nc(C)c([N+](=O)[O-])c3C)cc2)s1. The average Bonchev–Trinajstić information content (AvgIpc) is 3.23. The number of benzene rings is 1. The Kier molecular flexibility index (Phi) is 5.88. The van der Waals surface area contributed by atoms with Crippen LogP contribution in [-0.4, -0.2) is 33.1 Å². The Hall–Kier alpha value is -3.33. The molecule has 0 bridgehead atoms. The lowest BCUT2D eigenvalue weighted by Gasteiger charge is -2.06. The van der Waals surface area contributed by atoms with E-state index in [0.717, 1.165) is 10.4 Å². The maximum atomic E-state index is 12.2. The van der Waals surface area contributed by atoms with Crippen LogP contribution in [0.2, 0.25) is 0 Å². The van der Waals surface area contributed by atoms with Crippen LogP contribution in [0.3, 0.4) is 0 Å². The first-order valence-electron chi connectivity index (χ1n) is 8.80. The second-order valence-electron chi connectivity index (χ2n) is 6.54. The summed E-state index contributed by atoms with van der Waals surface area (Å²) in [5.41, 5.74) is 1.99. The number of nitrogens with zero attached hydrogens (tertiary/aromatic N) is 3. The normalized spacial score (nSPS) is 10.7. The number of ketones is 1. The van der Waals surface area contributed by atoms with Crippen molar-refractivity contribution in [2.75, 3.05) is 6.61 Å². The number of nitro groups is 1. The summed E-state index contributed by atoms with van der Waals surface area (Å²) in [6.07, 6.45) is 0. The van der Waals surface area contributed by atoms with E-state index < -0.39 is 10.9 Å². The van der Waals surface area contributed by atoms with Crippen molar-refractivity contribution in [2.45, 2.75) is 27.3 Å². The fraction of sp³-hybridized carbons (Fsp3) is 0.250. The van der Waals surface area contributed by atoms with E-state index in [1.165, 1.54) is 11.3 Å². The number of carbonyl (C=O) groups is 2. The molecule has 3 aromatic rings. The topological polar surface area (TPSA) is 104 Å². The Labute approximate surface area is 170 Å². The Morgan fingerprint density at radius 2 is 1.83 bits per heavy atom. The molecule has 0 N–H and O–H groups in total. The van der Waals surface area contributed by atoms with Gasteiger partial charge in [0.2, 0.25) is 5.78 Å². The van der Waals surface area contributed by atoms with Crippen LogP contribution < -0.4 is 0 Å². The average molecular weight is 413 g/mol. The number of hydrogen-bond acceptors (Lipinski definition) is 7. The molecule has 0 fully saturated rings. The van der Waals surface area contributed by atoms with Crippen molar-refractivity contribution in [3.8, 4) is 0 Å². The molecule has 1 aromatic carbocycles. The predicted molar refractivity (Wildman–Crippen MR) is 108 cm³/mol. The highest BCUT2D eigenvalue weighted by Gasteiger charge is 2.21. The second-order valence-corrected chi connectivity index (χ2v) is 7.83. The smallest absolute Gasteiger partial charge is 0.338 e. The van der Waals surface area contributed by atoms with E-state index in [4.69, 9.17) is 4.74 Å². The van der Waals surface area contributed by atoms with Gasteiger partial charge in [-0.1, -0.05) is 12.1 Å². The zero-order chi connectivity index (χ0) is 21.1. The van der Waals surface area contributed by atoms with Crippen molar-refractivity contribution in [1.29, 1.82) is 0 Å². The number of hydrogen-bond donors (Lipinski definition) is 0. The molecule has 29 heavy (non-hydrogen) atoms. The molecule has 0 aliphatic rings. The highest BCUT2D eigenvalue weighted by Crippen LogP contribution is 2.22. The van der Waals surface area contributed by atoms with Gasteiger partial charge in [0, 0.05) is 4.88 Å². The molecule has 0 atom stereocenters. The lowest BCUT2D eigenvalue weighted by atomic mass is 10.1. The van der Waals surface area contributed by atoms with Crippen LogP contribution in [0, 0.1) is 30.9 Å². The van der Waals surface area contributed by atoms with Crippen LogP contribution >= 0.6 is 11.3 Å². The molecule has 3 rings (SSSR count). The van der Waals surface area contributed by atoms with Gasteiger partial charge < -0.3 is 4.74 Å². The van der Waals surface area contributed by atoms with Crippen LogP contribution in [0.15, 0.2) is 36.4 Å². The summed E-state index contributed by atoms with van der Waals surface area (Å²) in [4.78, 5) is 36.4. The largest absolute Gasteiger partial charge is 0.454 e. The van der Waals surface area contributed by atoms with Crippen molar-refractivity contribution >= 4 is 28.8 Å². The van der Waals surface area contributed by atoms with Gasteiger partial charge in [0.25, 0.3) is 0 Å². The van der Waals surface area contributed by atoms with Crippen molar-refractivity contribution in [3.63, 3.8) is 0 Å². The maximum Gasteiger partial charge on any atom is 0.338 e. The number of ether oxygens (including phenoxy) is 1. The van der Waals surface area contributed by atoms with Gasteiger partial charge in [-0.25, -0.2) is 4.79 Å². The van der Waals surface area contributed by atoms with E-state index in [1.54, 1.807) is 48.9 Å². The molecule has 9 heteroatoms. The highest BCUT2D eigenvalue weighted by atomic mass is 32.1. The molecule has 0 unspecified atom stereocenters. The summed E-state index contributed by atoms with van der Waals surface area (Å²) in [6.45, 7) is 5.18. The van der Waals surface area contributed by atoms with Gasteiger partial charge in [0.1, 0.15) is 11.4 Å². The van der Waals surface area contributed by atoms with Crippen LogP contribution in [0.5, 0.6) is 0 Å². The van der Waals surface area contributed by atoms with Gasteiger partial charge in [-0.15, -0.1) is 11.3 Å². The van der Waals surface area contributed by atoms with Gasteiger partial charge in [0.05, 0.1) is 21.9 Å². The summed E-state index contributed by atoms with van der Waals surface area (Å²) in [6, 6.07) is 10.2. The molecule has 0 aliphatic heterocycles. The lowest BCUT2D eigenvalue weighted by Crippen LogP contribution is -2.13. The Morgan fingerprint density at radius 1 is 1.14 bits per heavy atom. The third kappa shape index (κ3) is 4.57. The van der Waals surface area contributed by atoms with Crippen molar-refractivity contribution < 1.29 is 19.2 Å². The van der Waals surface area contributed by atoms with Crippen molar-refractivity contribution in [2.24, 2.45) is 0 Å². The molecule has 0 aliphatic carbocycles. The van der Waals surface area contributed by atoms with E-state index in [0.29, 0.717) is 28.4 Å². The molecular weight excluding hydrogens is 394 g/mol. The van der Waals surface area contributed by atoms with E-state index in [1.807, 2.05) is 13.0 Å². The van der Waals surface area contributed by atoms with Gasteiger partial charge in [0.15, 0.2) is 6.61 Å². The molecule has 0 saturated heterocycles. The van der Waals surface area contributed by atoms with Crippen LogP contribution in [0.25, 0.3) is 0 Å². The molecule has 2 heterocycles. The molecule has 2 aromatic heterocycles. The van der Waals surface area contributed by atoms with E-state index in [9.17, 15) is 19.7 Å². The van der Waals surface area contributed by atoms with E-state index in [-0.39, 0.29) is 18.1 Å². The maximum absolute atomic E-state index is 12.2. The van der Waals surface area contributed by atoms with Gasteiger partial charge in [-0.3, -0.25) is 19.6 Å². The van der Waals surface area contributed by atoms with E-state index in [2.05, 4.69) is 5.10 Å². The third-order valence-corrected chi connectivity index (χ3v) is 5.44. The first kappa shape index (κ1) is 20.4. The molecule has 0 radical (unpaired) electrons. The number of esters is 1. The first-order chi connectivity index (χ1) is 13.8. The summed E-state index contributed by atoms with van der Waals surface area (Å²) in [5, 5.41) is 15.3. The molecular formula is C20H19N3O5S. The quantitative estimate of drug-likeness (QED) is 0.252. The number of rotatable bonds is 7. The fourth-order valence-electron chi connectivity index (χ4n) is 2.89.